The molecule has 5 nitrogen and oxygen atoms in total. The maximum atomic E-state index is 9.48. The molecule has 0 spiro atoms. The van der Waals surface area contributed by atoms with Crippen molar-refractivity contribution in [3.05, 3.63) is 11.9 Å². The molecule has 1 saturated heterocycles. The van der Waals surface area contributed by atoms with Gasteiger partial charge in [0, 0.05) is 25.6 Å². The molecule has 1 aliphatic heterocycles. The lowest BCUT2D eigenvalue weighted by atomic mass is 10.0. The minimum absolute atomic E-state index is 0.177. The summed E-state index contributed by atoms with van der Waals surface area (Å²) < 4.78 is 6.81. The van der Waals surface area contributed by atoms with Gasteiger partial charge in [-0.25, -0.2) is 0 Å². The van der Waals surface area contributed by atoms with Crippen LogP contribution in [0.5, 0.6) is 0 Å². The van der Waals surface area contributed by atoms with Crippen LogP contribution in [0.4, 0.5) is 0 Å². The Bertz CT molecular complexity index is 287. The molecular weight excluding hydrogens is 170 g/mol. The maximum Gasteiger partial charge on any atom is 0.0831 e. The van der Waals surface area contributed by atoms with E-state index in [1.165, 1.54) is 0 Å². The van der Waals surface area contributed by atoms with Gasteiger partial charge in [-0.2, -0.15) is 0 Å². The highest BCUT2D eigenvalue weighted by Gasteiger charge is 2.26. The van der Waals surface area contributed by atoms with Gasteiger partial charge in [0.1, 0.15) is 0 Å². The van der Waals surface area contributed by atoms with E-state index in [1.807, 2.05) is 13.2 Å². The number of hydrogen-bond acceptors (Lipinski definition) is 4. The fourth-order valence-electron chi connectivity index (χ4n) is 1.54. The molecule has 0 bridgehead atoms. The van der Waals surface area contributed by atoms with E-state index in [9.17, 15) is 5.11 Å². The molecule has 1 fully saturated rings. The molecule has 1 aromatic rings. The molecule has 0 unspecified atom stereocenters. The molecule has 5 heteroatoms. The van der Waals surface area contributed by atoms with Crippen LogP contribution in [-0.2, 0) is 18.2 Å². The minimum Gasteiger partial charge on any atom is -0.390 e. The predicted molar refractivity (Wildman–Crippen MR) is 45.0 cm³/mol. The third-order valence-electron chi connectivity index (χ3n) is 2.29. The second-order valence-corrected chi connectivity index (χ2v) is 3.45. The Morgan fingerprint density at radius 1 is 1.69 bits per heavy atom. The van der Waals surface area contributed by atoms with E-state index in [0.29, 0.717) is 13.2 Å². The summed E-state index contributed by atoms with van der Waals surface area (Å²) in [5.41, 5.74) is 0.914. The quantitative estimate of drug-likeness (QED) is 0.663. The summed E-state index contributed by atoms with van der Waals surface area (Å²) in [6.07, 6.45) is 2.27. The van der Waals surface area contributed by atoms with Crippen LogP contribution in [0.3, 0.4) is 0 Å². The normalized spacial score (nSPS) is 28.2. The van der Waals surface area contributed by atoms with Crippen LogP contribution in [0.15, 0.2) is 6.20 Å². The zero-order valence-electron chi connectivity index (χ0n) is 7.55. The van der Waals surface area contributed by atoms with Crippen molar-refractivity contribution in [2.75, 3.05) is 13.2 Å². The van der Waals surface area contributed by atoms with Crippen molar-refractivity contribution < 1.29 is 9.84 Å². The number of aromatic nitrogens is 3. The van der Waals surface area contributed by atoms with Gasteiger partial charge >= 0.3 is 0 Å². The Hall–Kier alpha value is -0.940. The van der Waals surface area contributed by atoms with Crippen molar-refractivity contribution in [2.45, 2.75) is 12.5 Å². The van der Waals surface area contributed by atoms with Crippen LogP contribution in [-0.4, -0.2) is 39.4 Å². The first kappa shape index (κ1) is 8.65. The number of rotatable bonds is 2. The van der Waals surface area contributed by atoms with E-state index in [2.05, 4.69) is 10.3 Å². The highest BCUT2D eigenvalue weighted by molar-refractivity contribution is 4.96. The average Bonchev–Trinajstić information content (AvgIpc) is 2.64. The third-order valence-corrected chi connectivity index (χ3v) is 2.29. The lowest BCUT2D eigenvalue weighted by Gasteiger charge is -2.08. The number of aliphatic hydroxyl groups excluding tert-OH is 1. The van der Waals surface area contributed by atoms with Crippen LogP contribution in [0.25, 0.3) is 0 Å². The topological polar surface area (TPSA) is 60.2 Å². The minimum atomic E-state index is -0.345. The summed E-state index contributed by atoms with van der Waals surface area (Å²) in [6, 6.07) is 0. The molecule has 13 heavy (non-hydrogen) atoms. The lowest BCUT2D eigenvalue weighted by molar-refractivity contribution is 0.118. The van der Waals surface area contributed by atoms with Gasteiger partial charge in [-0.05, 0) is 0 Å². The SMILES string of the molecule is Cn1cc(C[C@@H]2COC[C@H]2O)nn1. The van der Waals surface area contributed by atoms with Gasteiger partial charge in [0.2, 0.25) is 0 Å². The molecular formula is C8H13N3O2. The van der Waals surface area contributed by atoms with Crippen LogP contribution < -0.4 is 0 Å². The number of nitrogens with zero attached hydrogens (tertiary/aromatic N) is 3. The second kappa shape index (κ2) is 3.43. The fraction of sp³-hybridized carbons (Fsp3) is 0.750. The third kappa shape index (κ3) is 1.87. The Morgan fingerprint density at radius 3 is 3.08 bits per heavy atom. The smallest absolute Gasteiger partial charge is 0.0831 e. The summed E-state index contributed by atoms with van der Waals surface area (Å²) >= 11 is 0. The molecule has 2 rings (SSSR count). The van der Waals surface area contributed by atoms with Gasteiger partial charge in [0.25, 0.3) is 0 Å². The van der Waals surface area contributed by atoms with Gasteiger partial charge in [-0.1, -0.05) is 5.21 Å². The number of aryl methyl sites for hydroxylation is 1. The Morgan fingerprint density at radius 2 is 2.54 bits per heavy atom. The summed E-state index contributed by atoms with van der Waals surface area (Å²) in [5.74, 6) is 0.177. The molecule has 1 N–H and O–H groups in total. The van der Waals surface area contributed by atoms with Crippen molar-refractivity contribution in [3.63, 3.8) is 0 Å². The van der Waals surface area contributed by atoms with Gasteiger partial charge in [-0.15, -0.1) is 5.10 Å². The van der Waals surface area contributed by atoms with E-state index in [4.69, 9.17) is 4.74 Å². The molecule has 2 atom stereocenters. The Kier molecular flexibility index (Phi) is 2.28. The first-order chi connectivity index (χ1) is 6.25. The van der Waals surface area contributed by atoms with Crippen molar-refractivity contribution in [1.82, 2.24) is 15.0 Å². The molecule has 1 aliphatic rings. The van der Waals surface area contributed by atoms with Crippen LogP contribution in [0, 0.1) is 5.92 Å². The molecule has 0 radical (unpaired) electrons. The van der Waals surface area contributed by atoms with E-state index in [0.717, 1.165) is 12.1 Å². The molecule has 72 valence electrons. The van der Waals surface area contributed by atoms with Crippen molar-refractivity contribution in [3.8, 4) is 0 Å². The Balaban J connectivity index is 1.97. The molecule has 0 saturated carbocycles. The zero-order valence-corrected chi connectivity index (χ0v) is 7.55. The predicted octanol–water partition coefficient (Wildman–Crippen LogP) is -0.635. The first-order valence-electron chi connectivity index (χ1n) is 4.36. The van der Waals surface area contributed by atoms with Gasteiger partial charge < -0.3 is 9.84 Å². The van der Waals surface area contributed by atoms with Crippen molar-refractivity contribution in [1.29, 1.82) is 0 Å². The van der Waals surface area contributed by atoms with E-state index >= 15 is 0 Å². The summed E-state index contributed by atoms with van der Waals surface area (Å²) in [6.45, 7) is 1.07. The van der Waals surface area contributed by atoms with Crippen molar-refractivity contribution in [2.24, 2.45) is 13.0 Å². The largest absolute Gasteiger partial charge is 0.390 e. The molecule has 2 heterocycles. The zero-order chi connectivity index (χ0) is 9.26. The number of hydrogen-bond donors (Lipinski definition) is 1. The highest BCUT2D eigenvalue weighted by Crippen LogP contribution is 2.17. The summed E-state index contributed by atoms with van der Waals surface area (Å²) in [7, 11) is 1.83. The van der Waals surface area contributed by atoms with Crippen LogP contribution in [0.2, 0.25) is 0 Å². The van der Waals surface area contributed by atoms with Gasteiger partial charge in [0.05, 0.1) is 25.0 Å². The van der Waals surface area contributed by atoms with Gasteiger partial charge in [0.15, 0.2) is 0 Å². The summed E-state index contributed by atoms with van der Waals surface area (Å²) in [5, 5.41) is 17.3. The molecule has 1 aromatic heterocycles. The fourth-order valence-corrected chi connectivity index (χ4v) is 1.54. The average molecular weight is 183 g/mol. The van der Waals surface area contributed by atoms with Crippen LogP contribution in [0.1, 0.15) is 5.69 Å². The monoisotopic (exact) mass is 183 g/mol. The lowest BCUT2D eigenvalue weighted by Crippen LogP contribution is -2.20. The molecule has 0 aliphatic carbocycles. The summed E-state index contributed by atoms with van der Waals surface area (Å²) in [4.78, 5) is 0. The number of ether oxygens (including phenoxy) is 1. The maximum absolute atomic E-state index is 9.48. The van der Waals surface area contributed by atoms with E-state index in [1.54, 1.807) is 4.68 Å². The van der Waals surface area contributed by atoms with Crippen molar-refractivity contribution >= 4 is 0 Å². The molecule has 0 amide bonds. The van der Waals surface area contributed by atoms with Crippen LogP contribution >= 0.6 is 0 Å². The first-order valence-corrected chi connectivity index (χ1v) is 4.36. The molecule has 0 aromatic carbocycles. The second-order valence-electron chi connectivity index (χ2n) is 3.45. The highest BCUT2D eigenvalue weighted by atomic mass is 16.5. The standard InChI is InChI=1S/C8H13N3O2/c1-11-3-7(9-10-11)2-6-4-13-5-8(6)12/h3,6,8,12H,2,4-5H2,1H3/t6-,8-/m1/s1. The van der Waals surface area contributed by atoms with Gasteiger partial charge in [-0.3, -0.25) is 4.68 Å². The number of aliphatic hydroxyl groups is 1. The van der Waals surface area contributed by atoms with E-state index in [-0.39, 0.29) is 12.0 Å². The Labute approximate surface area is 76.3 Å². The van der Waals surface area contributed by atoms with E-state index < -0.39 is 0 Å².